The molecule has 3 nitrogen and oxygen atoms in total. The van der Waals surface area contributed by atoms with Gasteiger partial charge in [-0.2, -0.15) is 0 Å². The first kappa shape index (κ1) is 22.0. The molecular formula is C30H24NO2P. The number of hydrogen-bond donors (Lipinski definition) is 1. The van der Waals surface area contributed by atoms with Crippen LogP contribution in [0.25, 0.3) is 10.8 Å². The summed E-state index contributed by atoms with van der Waals surface area (Å²) < 4.78 is 14.7. The highest BCUT2D eigenvalue weighted by atomic mass is 31.2. The zero-order valence-corrected chi connectivity index (χ0v) is 19.4. The topological polar surface area (TPSA) is 46.2 Å². The lowest BCUT2D eigenvalue weighted by molar-refractivity contribution is 0.0954. The highest BCUT2D eigenvalue weighted by Gasteiger charge is 2.34. The van der Waals surface area contributed by atoms with Gasteiger partial charge >= 0.3 is 0 Å². The summed E-state index contributed by atoms with van der Waals surface area (Å²) in [4.78, 5) is 13.8. The first-order valence-corrected chi connectivity index (χ1v) is 12.9. The largest absolute Gasteiger partial charge is 0.296 e. The van der Waals surface area contributed by atoms with Gasteiger partial charge in [0.05, 0.1) is 0 Å². The Labute approximate surface area is 199 Å². The number of benzene rings is 5. The number of fused-ring (bicyclic) bond motifs is 1. The summed E-state index contributed by atoms with van der Waals surface area (Å²) in [6, 6.07) is 41.1. The number of carbonyl (C=O) groups is 1. The predicted molar refractivity (Wildman–Crippen MR) is 140 cm³/mol. The van der Waals surface area contributed by atoms with Crippen molar-refractivity contribution in [3.05, 3.63) is 145 Å². The van der Waals surface area contributed by atoms with Gasteiger partial charge in [-0.05, 0) is 46.7 Å². The molecule has 0 heterocycles. The van der Waals surface area contributed by atoms with Gasteiger partial charge in [-0.25, -0.2) is 5.09 Å². The van der Waals surface area contributed by atoms with Crippen molar-refractivity contribution in [2.45, 2.75) is 6.04 Å². The molecule has 1 unspecified atom stereocenters. The van der Waals surface area contributed by atoms with E-state index >= 15 is 0 Å². The Morgan fingerprint density at radius 3 is 1.68 bits per heavy atom. The second-order valence-electron chi connectivity index (χ2n) is 8.18. The van der Waals surface area contributed by atoms with E-state index in [2.05, 4.69) is 5.09 Å². The molecule has 5 aromatic carbocycles. The van der Waals surface area contributed by atoms with E-state index in [4.69, 9.17) is 0 Å². The fourth-order valence-electron chi connectivity index (χ4n) is 4.20. The molecule has 166 valence electrons. The Bertz CT molecular complexity index is 1420. The molecule has 5 rings (SSSR count). The zero-order chi connectivity index (χ0) is 23.4. The number of hydrogen-bond acceptors (Lipinski definition) is 2. The number of rotatable bonds is 7. The first-order valence-electron chi connectivity index (χ1n) is 11.2. The standard InChI is InChI=1S/C30H24NO2P/c32-30(24-13-4-1-5-14-24)29(26-21-20-23-12-10-11-15-25(23)22-26)31-34(33,27-16-6-2-7-17-27)28-18-8-3-9-19-28/h1-22,29H,(H,31,33). The van der Waals surface area contributed by atoms with Crippen LogP contribution in [0.4, 0.5) is 0 Å². The minimum atomic E-state index is -3.35. The quantitative estimate of drug-likeness (QED) is 0.229. The van der Waals surface area contributed by atoms with Crippen molar-refractivity contribution >= 4 is 34.5 Å². The summed E-state index contributed by atoms with van der Waals surface area (Å²) >= 11 is 0. The van der Waals surface area contributed by atoms with Crippen LogP contribution >= 0.6 is 7.29 Å². The van der Waals surface area contributed by atoms with Crippen molar-refractivity contribution in [3.8, 4) is 0 Å². The van der Waals surface area contributed by atoms with Crippen molar-refractivity contribution in [2.75, 3.05) is 0 Å². The Hall–Kier alpha value is -3.78. The molecule has 0 saturated carbocycles. The van der Waals surface area contributed by atoms with Gasteiger partial charge in [-0.3, -0.25) is 9.36 Å². The SMILES string of the molecule is O=C(c1ccccc1)C(NP(=O)(c1ccccc1)c1ccccc1)c1ccc2ccccc2c1. The lowest BCUT2D eigenvalue weighted by Gasteiger charge is -2.27. The minimum Gasteiger partial charge on any atom is -0.296 e. The average molecular weight is 462 g/mol. The Morgan fingerprint density at radius 2 is 1.09 bits per heavy atom. The Kier molecular flexibility index (Phi) is 6.22. The number of nitrogens with one attached hydrogen (secondary N) is 1. The van der Waals surface area contributed by atoms with E-state index in [9.17, 15) is 9.36 Å². The van der Waals surface area contributed by atoms with Crippen LogP contribution < -0.4 is 15.7 Å². The van der Waals surface area contributed by atoms with Crippen LogP contribution in [0.1, 0.15) is 22.0 Å². The van der Waals surface area contributed by atoms with Gasteiger partial charge in [0, 0.05) is 16.2 Å². The van der Waals surface area contributed by atoms with E-state index in [-0.39, 0.29) is 5.78 Å². The molecule has 1 atom stereocenters. The molecule has 0 aromatic heterocycles. The van der Waals surface area contributed by atoms with Gasteiger partial charge in [0.15, 0.2) is 5.78 Å². The molecular weight excluding hydrogens is 437 g/mol. The zero-order valence-electron chi connectivity index (χ0n) is 18.5. The molecule has 0 radical (unpaired) electrons. The molecule has 5 aromatic rings. The molecule has 34 heavy (non-hydrogen) atoms. The van der Waals surface area contributed by atoms with Gasteiger partial charge < -0.3 is 0 Å². The van der Waals surface area contributed by atoms with Crippen LogP contribution in [0.3, 0.4) is 0 Å². The smallest absolute Gasteiger partial charge is 0.205 e. The van der Waals surface area contributed by atoms with Crippen molar-refractivity contribution < 1.29 is 9.36 Å². The van der Waals surface area contributed by atoms with Crippen LogP contribution in [0.2, 0.25) is 0 Å². The summed E-state index contributed by atoms with van der Waals surface area (Å²) in [5.74, 6) is -0.122. The maximum absolute atomic E-state index is 14.7. The molecule has 0 aliphatic heterocycles. The number of carbonyl (C=O) groups excluding carboxylic acids is 1. The average Bonchev–Trinajstić information content (AvgIpc) is 2.92. The summed E-state index contributed by atoms with van der Waals surface area (Å²) in [5, 5.41) is 6.79. The van der Waals surface area contributed by atoms with Crippen molar-refractivity contribution in [1.29, 1.82) is 0 Å². The molecule has 1 N–H and O–H groups in total. The Balaban J connectivity index is 1.67. The first-order chi connectivity index (χ1) is 16.6. The third-order valence-corrected chi connectivity index (χ3v) is 8.65. The molecule has 0 fully saturated rings. The summed E-state index contributed by atoms with van der Waals surface area (Å²) in [5.41, 5.74) is 1.35. The van der Waals surface area contributed by atoms with Gasteiger partial charge in [-0.15, -0.1) is 0 Å². The van der Waals surface area contributed by atoms with Crippen LogP contribution in [-0.2, 0) is 4.57 Å². The number of ketones is 1. The van der Waals surface area contributed by atoms with E-state index in [1.807, 2.05) is 121 Å². The third kappa shape index (κ3) is 4.36. The molecule has 0 spiro atoms. The lowest BCUT2D eigenvalue weighted by atomic mass is 9.96. The van der Waals surface area contributed by atoms with E-state index in [1.54, 1.807) is 12.1 Å². The maximum atomic E-state index is 14.7. The van der Waals surface area contributed by atoms with Crippen LogP contribution in [0, 0.1) is 0 Å². The summed E-state index contributed by atoms with van der Waals surface area (Å²) in [6.07, 6.45) is 0. The predicted octanol–water partition coefficient (Wildman–Crippen LogP) is 6.28. The van der Waals surface area contributed by atoms with Crippen molar-refractivity contribution in [3.63, 3.8) is 0 Å². The molecule has 0 aliphatic carbocycles. The number of Topliss-reactive ketones (excluding diaryl/α,β-unsaturated/α-hetero) is 1. The molecule has 0 aliphatic rings. The minimum absolute atomic E-state index is 0.122. The molecule has 0 bridgehead atoms. The lowest BCUT2D eigenvalue weighted by Crippen LogP contribution is -2.34. The highest BCUT2D eigenvalue weighted by Crippen LogP contribution is 2.42. The van der Waals surface area contributed by atoms with Crippen LogP contribution in [0.15, 0.2) is 133 Å². The van der Waals surface area contributed by atoms with Crippen LogP contribution in [-0.4, -0.2) is 5.78 Å². The monoisotopic (exact) mass is 461 g/mol. The fraction of sp³-hybridized carbons (Fsp3) is 0.0333. The van der Waals surface area contributed by atoms with Crippen LogP contribution in [0.5, 0.6) is 0 Å². The molecule has 0 amide bonds. The third-order valence-electron chi connectivity index (χ3n) is 5.98. The molecule has 0 saturated heterocycles. The van der Waals surface area contributed by atoms with E-state index in [0.29, 0.717) is 16.2 Å². The second-order valence-corrected chi connectivity index (χ2v) is 10.7. The van der Waals surface area contributed by atoms with Gasteiger partial charge in [0.25, 0.3) is 0 Å². The van der Waals surface area contributed by atoms with Gasteiger partial charge in [0.1, 0.15) is 6.04 Å². The Morgan fingerprint density at radius 1 is 0.588 bits per heavy atom. The second kappa shape index (κ2) is 9.61. The van der Waals surface area contributed by atoms with Gasteiger partial charge in [0.2, 0.25) is 7.29 Å². The van der Waals surface area contributed by atoms with Crippen molar-refractivity contribution in [1.82, 2.24) is 5.09 Å². The summed E-state index contributed by atoms with van der Waals surface area (Å²) in [7, 11) is -3.35. The normalized spacial score (nSPS) is 12.4. The fourth-order valence-corrected chi connectivity index (χ4v) is 6.61. The van der Waals surface area contributed by atoms with Crippen molar-refractivity contribution in [2.24, 2.45) is 0 Å². The van der Waals surface area contributed by atoms with E-state index in [0.717, 1.165) is 16.3 Å². The highest BCUT2D eigenvalue weighted by molar-refractivity contribution is 7.77. The summed E-state index contributed by atoms with van der Waals surface area (Å²) in [6.45, 7) is 0. The van der Waals surface area contributed by atoms with Gasteiger partial charge in [-0.1, -0.05) is 103 Å². The molecule has 4 heteroatoms. The maximum Gasteiger partial charge on any atom is 0.205 e. The van der Waals surface area contributed by atoms with E-state index < -0.39 is 13.3 Å². The van der Waals surface area contributed by atoms with E-state index in [1.165, 1.54) is 0 Å².